The molecule has 26 heavy (non-hydrogen) atoms. The number of carbonyl (C=O) groups is 2. The minimum absolute atomic E-state index is 0.00298. The van der Waals surface area contributed by atoms with Crippen molar-refractivity contribution in [2.75, 3.05) is 25.3 Å². The lowest BCUT2D eigenvalue weighted by molar-refractivity contribution is -0.119. The van der Waals surface area contributed by atoms with Gasteiger partial charge in [0.15, 0.2) is 16.4 Å². The lowest BCUT2D eigenvalue weighted by atomic mass is 10.2. The van der Waals surface area contributed by atoms with Gasteiger partial charge in [0.05, 0.1) is 22.7 Å². The lowest BCUT2D eigenvalue weighted by Gasteiger charge is -2.10. The molecule has 0 spiro atoms. The monoisotopic (exact) mass is 397 g/mol. The summed E-state index contributed by atoms with van der Waals surface area (Å²) >= 11 is 5.95. The van der Waals surface area contributed by atoms with Crippen LogP contribution in [0.4, 0.5) is 5.69 Å². The summed E-state index contributed by atoms with van der Waals surface area (Å²) in [5, 5.41) is 2.57. The molecule has 0 atom stereocenters. The number of hydrogen-bond acceptors (Lipinski definition) is 6. The van der Waals surface area contributed by atoms with Gasteiger partial charge in [0, 0.05) is 6.26 Å². The Hall–Kier alpha value is -2.58. The first-order chi connectivity index (χ1) is 12.2. The predicted octanol–water partition coefficient (Wildman–Crippen LogP) is 2.55. The Morgan fingerprint density at radius 1 is 1.15 bits per heavy atom. The van der Waals surface area contributed by atoms with Crippen molar-refractivity contribution in [1.29, 1.82) is 0 Å². The number of nitrogens with one attached hydrogen (secondary N) is 1. The van der Waals surface area contributed by atoms with Crippen LogP contribution in [0, 0.1) is 0 Å². The molecule has 1 N–H and O–H groups in total. The number of halogens is 1. The topological polar surface area (TPSA) is 98.8 Å². The Morgan fingerprint density at radius 3 is 2.50 bits per heavy atom. The van der Waals surface area contributed by atoms with Crippen molar-refractivity contribution < 1.29 is 27.5 Å². The molecule has 0 aliphatic rings. The number of para-hydroxylation sites is 1. The number of sulfone groups is 1. The molecule has 2 rings (SSSR count). The number of anilines is 1. The Balaban J connectivity index is 2.04. The highest BCUT2D eigenvalue weighted by atomic mass is 35.5. The number of carbonyl (C=O) groups excluding carboxylic acids is 2. The molecule has 9 heteroatoms. The summed E-state index contributed by atoms with van der Waals surface area (Å²) < 4.78 is 33.2. The first-order valence-electron chi connectivity index (χ1n) is 7.32. The van der Waals surface area contributed by atoms with Crippen LogP contribution in [0.3, 0.4) is 0 Å². The summed E-state index contributed by atoms with van der Waals surface area (Å²) in [6, 6.07) is 10.3. The highest BCUT2D eigenvalue weighted by Gasteiger charge is 2.16. The molecular formula is C17H16ClNO6S. The minimum atomic E-state index is -3.46. The molecule has 0 aliphatic heterocycles. The molecule has 0 fully saturated rings. The molecule has 2 aromatic carbocycles. The zero-order chi connectivity index (χ0) is 19.3. The number of methoxy groups -OCH3 is 1. The van der Waals surface area contributed by atoms with Crippen LogP contribution in [0.5, 0.6) is 5.75 Å². The standard InChI is InChI=1S/C17H16ClNO6S/c1-24-15-6-4-3-5-12(15)17(21)25-10-16(20)19-14-9-11(26(2,22)23)7-8-13(14)18/h3-9H,10H2,1-2H3,(H,19,20). The summed E-state index contributed by atoms with van der Waals surface area (Å²) in [5.74, 6) is -1.07. The highest BCUT2D eigenvalue weighted by Crippen LogP contribution is 2.25. The maximum Gasteiger partial charge on any atom is 0.342 e. The van der Waals surface area contributed by atoms with E-state index in [1.165, 1.54) is 31.4 Å². The van der Waals surface area contributed by atoms with Crippen molar-refractivity contribution in [3.63, 3.8) is 0 Å². The Bertz CT molecular complexity index is 942. The van der Waals surface area contributed by atoms with Crippen LogP contribution in [-0.4, -0.2) is 40.3 Å². The van der Waals surface area contributed by atoms with Gasteiger partial charge in [-0.1, -0.05) is 23.7 Å². The Kier molecular flexibility index (Phi) is 6.23. The summed E-state index contributed by atoms with van der Waals surface area (Å²) in [6.45, 7) is -0.573. The predicted molar refractivity (Wildman–Crippen MR) is 96.5 cm³/mol. The van der Waals surface area contributed by atoms with Gasteiger partial charge in [-0.3, -0.25) is 4.79 Å². The molecule has 0 unspecified atom stereocenters. The van der Waals surface area contributed by atoms with Crippen molar-refractivity contribution >= 4 is 39.0 Å². The van der Waals surface area contributed by atoms with Crippen molar-refractivity contribution in [1.82, 2.24) is 0 Å². The number of ether oxygens (including phenoxy) is 2. The van der Waals surface area contributed by atoms with E-state index in [4.69, 9.17) is 21.1 Å². The van der Waals surface area contributed by atoms with E-state index in [1.54, 1.807) is 18.2 Å². The molecule has 0 bridgehead atoms. The molecule has 0 aliphatic carbocycles. The fraction of sp³-hybridized carbons (Fsp3) is 0.176. The second-order valence-corrected chi connectivity index (χ2v) is 7.66. The maximum absolute atomic E-state index is 12.0. The van der Waals surface area contributed by atoms with Crippen LogP contribution < -0.4 is 10.1 Å². The summed E-state index contributed by atoms with van der Waals surface area (Å²) in [5.41, 5.74) is 0.285. The molecule has 0 saturated carbocycles. The molecule has 2 aromatic rings. The fourth-order valence-electron chi connectivity index (χ4n) is 2.04. The van der Waals surface area contributed by atoms with E-state index in [-0.39, 0.29) is 21.2 Å². The molecular weight excluding hydrogens is 382 g/mol. The number of esters is 1. The molecule has 7 nitrogen and oxygen atoms in total. The van der Waals surface area contributed by atoms with Crippen LogP contribution in [0.25, 0.3) is 0 Å². The van der Waals surface area contributed by atoms with Gasteiger partial charge in [-0.25, -0.2) is 13.2 Å². The smallest absolute Gasteiger partial charge is 0.342 e. The Morgan fingerprint density at radius 2 is 1.85 bits per heavy atom. The van der Waals surface area contributed by atoms with Crippen LogP contribution in [0.1, 0.15) is 10.4 Å². The third-order valence-electron chi connectivity index (χ3n) is 3.30. The van der Waals surface area contributed by atoms with Gasteiger partial charge >= 0.3 is 5.97 Å². The van der Waals surface area contributed by atoms with Crippen LogP contribution in [-0.2, 0) is 19.4 Å². The molecule has 0 radical (unpaired) electrons. The van der Waals surface area contributed by atoms with Crippen LogP contribution in [0.2, 0.25) is 5.02 Å². The van der Waals surface area contributed by atoms with E-state index in [0.717, 1.165) is 6.26 Å². The third kappa shape index (κ3) is 4.96. The van der Waals surface area contributed by atoms with Gasteiger partial charge in [-0.15, -0.1) is 0 Å². The van der Waals surface area contributed by atoms with Gasteiger partial charge in [0.1, 0.15) is 11.3 Å². The first-order valence-corrected chi connectivity index (χ1v) is 9.59. The first kappa shape index (κ1) is 19.7. The normalized spacial score (nSPS) is 10.9. The van der Waals surface area contributed by atoms with Crippen molar-refractivity contribution in [3.05, 3.63) is 53.1 Å². The van der Waals surface area contributed by atoms with E-state index in [2.05, 4.69) is 5.32 Å². The molecule has 1 amide bonds. The number of benzene rings is 2. The van der Waals surface area contributed by atoms with Crippen LogP contribution >= 0.6 is 11.6 Å². The van der Waals surface area contributed by atoms with E-state index in [1.807, 2.05) is 0 Å². The molecule has 138 valence electrons. The largest absolute Gasteiger partial charge is 0.496 e. The van der Waals surface area contributed by atoms with E-state index in [9.17, 15) is 18.0 Å². The minimum Gasteiger partial charge on any atom is -0.496 e. The SMILES string of the molecule is COc1ccccc1C(=O)OCC(=O)Nc1cc(S(C)(=O)=O)ccc1Cl. The van der Waals surface area contributed by atoms with Crippen molar-refractivity contribution in [3.8, 4) is 5.75 Å². The molecule has 0 aromatic heterocycles. The van der Waals surface area contributed by atoms with Gasteiger partial charge in [0.2, 0.25) is 0 Å². The van der Waals surface area contributed by atoms with Gasteiger partial charge in [-0.05, 0) is 30.3 Å². The average molecular weight is 398 g/mol. The quantitative estimate of drug-likeness (QED) is 0.752. The summed E-state index contributed by atoms with van der Waals surface area (Å²) in [7, 11) is -2.04. The van der Waals surface area contributed by atoms with Gasteiger partial charge in [0.25, 0.3) is 5.91 Å². The lowest BCUT2D eigenvalue weighted by Crippen LogP contribution is -2.21. The van der Waals surface area contributed by atoms with E-state index >= 15 is 0 Å². The highest BCUT2D eigenvalue weighted by molar-refractivity contribution is 7.90. The van der Waals surface area contributed by atoms with Gasteiger partial charge < -0.3 is 14.8 Å². The Labute approximate surface area is 155 Å². The van der Waals surface area contributed by atoms with E-state index < -0.39 is 28.3 Å². The zero-order valence-electron chi connectivity index (χ0n) is 14.0. The summed E-state index contributed by atoms with van der Waals surface area (Å²) in [6.07, 6.45) is 1.04. The van der Waals surface area contributed by atoms with Crippen molar-refractivity contribution in [2.45, 2.75) is 4.90 Å². The third-order valence-corrected chi connectivity index (χ3v) is 4.74. The zero-order valence-corrected chi connectivity index (χ0v) is 15.6. The number of rotatable bonds is 6. The van der Waals surface area contributed by atoms with Crippen LogP contribution in [0.15, 0.2) is 47.4 Å². The summed E-state index contributed by atoms with van der Waals surface area (Å²) in [4.78, 5) is 24.0. The number of hydrogen-bond donors (Lipinski definition) is 1. The van der Waals surface area contributed by atoms with E-state index in [0.29, 0.717) is 5.75 Å². The second kappa shape index (κ2) is 8.20. The van der Waals surface area contributed by atoms with Gasteiger partial charge in [-0.2, -0.15) is 0 Å². The number of amides is 1. The van der Waals surface area contributed by atoms with Crippen molar-refractivity contribution in [2.24, 2.45) is 0 Å². The maximum atomic E-state index is 12.0. The fourth-order valence-corrected chi connectivity index (χ4v) is 2.85. The second-order valence-electron chi connectivity index (χ2n) is 5.24. The average Bonchev–Trinajstić information content (AvgIpc) is 2.60. The molecule has 0 heterocycles. The molecule has 0 saturated heterocycles.